The molecular formula is C32H30N2O2. The maximum atomic E-state index is 13.2. The number of carbonyl (C=O) groups excluding carboxylic acids is 1. The molecule has 0 aromatic heterocycles. The minimum absolute atomic E-state index is 0.0740. The fraction of sp³-hybridized carbons (Fsp3) is 0.188. The molecule has 4 heteroatoms. The van der Waals surface area contributed by atoms with Gasteiger partial charge in [-0.2, -0.15) is 5.10 Å². The molecule has 5 rings (SSSR count). The molecule has 0 spiro atoms. The van der Waals surface area contributed by atoms with Crippen LogP contribution >= 0.6 is 0 Å². The lowest BCUT2D eigenvalue weighted by Crippen LogP contribution is -2.25. The van der Waals surface area contributed by atoms with Crippen LogP contribution in [0.25, 0.3) is 0 Å². The SMILES string of the molecule is Cc1ccc(C2(c3ccc(C)cc3)C[C@H]2C(=O)N/N=C\c2ccccc2OCc2ccccc2)cc1. The molecule has 1 N–H and O–H groups in total. The molecule has 0 bridgehead atoms. The van der Waals surface area contributed by atoms with Crippen LogP contribution in [0.5, 0.6) is 5.75 Å². The average molecular weight is 475 g/mol. The minimum Gasteiger partial charge on any atom is -0.488 e. The van der Waals surface area contributed by atoms with E-state index < -0.39 is 0 Å². The standard InChI is InChI=1S/C32H30N2O2/c1-23-12-16-27(17-13-23)32(28-18-14-24(2)15-19-28)20-29(32)31(35)34-33-21-26-10-6-7-11-30(26)36-22-25-8-4-3-5-9-25/h3-19,21,29H,20,22H2,1-2H3,(H,34,35)/b33-21-/t29-/m0/s1. The van der Waals surface area contributed by atoms with E-state index >= 15 is 0 Å². The highest BCUT2D eigenvalue weighted by atomic mass is 16.5. The smallest absolute Gasteiger partial charge is 0.244 e. The first-order valence-corrected chi connectivity index (χ1v) is 12.3. The predicted octanol–water partition coefficient (Wildman–Crippen LogP) is 6.34. The summed E-state index contributed by atoms with van der Waals surface area (Å²) in [7, 11) is 0. The van der Waals surface area contributed by atoms with Gasteiger partial charge in [-0.3, -0.25) is 4.79 Å². The summed E-state index contributed by atoms with van der Waals surface area (Å²) in [5.41, 5.74) is 9.12. The van der Waals surface area contributed by atoms with Gasteiger partial charge in [-0.25, -0.2) is 5.43 Å². The zero-order valence-corrected chi connectivity index (χ0v) is 20.6. The number of hydrazone groups is 1. The van der Waals surface area contributed by atoms with Crippen LogP contribution in [0.2, 0.25) is 0 Å². The molecule has 1 aliphatic rings. The van der Waals surface area contributed by atoms with Gasteiger partial charge in [-0.05, 0) is 49.1 Å². The summed E-state index contributed by atoms with van der Waals surface area (Å²) in [6, 6.07) is 34.8. The maximum Gasteiger partial charge on any atom is 0.244 e. The number of nitrogens with zero attached hydrogens (tertiary/aromatic N) is 1. The first-order chi connectivity index (χ1) is 17.6. The average Bonchev–Trinajstić information content (AvgIpc) is 3.66. The Hall–Kier alpha value is -4.18. The zero-order valence-electron chi connectivity index (χ0n) is 20.6. The Balaban J connectivity index is 1.30. The Morgan fingerprint density at radius 1 is 0.861 bits per heavy atom. The summed E-state index contributed by atoms with van der Waals surface area (Å²) in [6.07, 6.45) is 2.41. The number of carbonyl (C=O) groups is 1. The van der Waals surface area contributed by atoms with Crippen molar-refractivity contribution in [3.8, 4) is 5.75 Å². The molecule has 4 nitrogen and oxygen atoms in total. The van der Waals surface area contributed by atoms with Gasteiger partial charge < -0.3 is 4.74 Å². The van der Waals surface area contributed by atoms with Crippen molar-refractivity contribution in [3.63, 3.8) is 0 Å². The van der Waals surface area contributed by atoms with Gasteiger partial charge in [0.05, 0.1) is 12.1 Å². The van der Waals surface area contributed by atoms with Crippen molar-refractivity contribution < 1.29 is 9.53 Å². The summed E-state index contributed by atoms with van der Waals surface area (Å²) in [5, 5.41) is 4.30. The molecule has 0 unspecified atom stereocenters. The molecule has 1 saturated carbocycles. The molecule has 4 aromatic rings. The predicted molar refractivity (Wildman–Crippen MR) is 144 cm³/mol. The second-order valence-electron chi connectivity index (χ2n) is 9.51. The monoisotopic (exact) mass is 474 g/mol. The highest BCUT2D eigenvalue weighted by Crippen LogP contribution is 2.59. The molecule has 0 saturated heterocycles. The molecule has 1 atom stereocenters. The van der Waals surface area contributed by atoms with Crippen LogP contribution in [0.1, 0.15) is 39.8 Å². The summed E-state index contributed by atoms with van der Waals surface area (Å²) in [4.78, 5) is 13.2. The lowest BCUT2D eigenvalue weighted by molar-refractivity contribution is -0.122. The summed E-state index contributed by atoms with van der Waals surface area (Å²) in [6.45, 7) is 4.63. The number of aryl methyl sites for hydroxylation is 2. The van der Waals surface area contributed by atoms with Gasteiger partial charge in [0.2, 0.25) is 5.91 Å². The first-order valence-electron chi connectivity index (χ1n) is 12.3. The van der Waals surface area contributed by atoms with Crippen molar-refractivity contribution in [2.75, 3.05) is 0 Å². The maximum absolute atomic E-state index is 13.2. The number of rotatable bonds is 8. The lowest BCUT2D eigenvalue weighted by Gasteiger charge is -2.19. The minimum atomic E-state index is -0.322. The van der Waals surface area contributed by atoms with E-state index in [9.17, 15) is 4.79 Å². The first kappa shape index (κ1) is 23.6. The quantitative estimate of drug-likeness (QED) is 0.239. The molecule has 1 aliphatic carbocycles. The van der Waals surface area contributed by atoms with E-state index in [1.807, 2.05) is 54.6 Å². The molecule has 4 aromatic carbocycles. The Labute approximate surface area is 212 Å². The Kier molecular flexibility index (Phi) is 6.68. The Bertz CT molecular complexity index is 1310. The second-order valence-corrected chi connectivity index (χ2v) is 9.51. The zero-order chi connectivity index (χ0) is 25.0. The number of ether oxygens (including phenoxy) is 1. The van der Waals surface area contributed by atoms with Crippen LogP contribution in [-0.2, 0) is 16.8 Å². The third kappa shape index (κ3) is 4.94. The second kappa shape index (κ2) is 10.2. The summed E-state index contributed by atoms with van der Waals surface area (Å²) < 4.78 is 6.00. The van der Waals surface area contributed by atoms with Gasteiger partial charge in [0.25, 0.3) is 0 Å². The molecule has 0 radical (unpaired) electrons. The third-order valence-corrected chi connectivity index (χ3v) is 6.95. The molecule has 1 fully saturated rings. The highest BCUT2D eigenvalue weighted by Gasteiger charge is 2.60. The summed E-state index contributed by atoms with van der Waals surface area (Å²) >= 11 is 0. The molecule has 36 heavy (non-hydrogen) atoms. The van der Waals surface area contributed by atoms with Gasteiger partial charge in [0.1, 0.15) is 12.4 Å². The lowest BCUT2D eigenvalue weighted by atomic mass is 9.85. The van der Waals surface area contributed by atoms with Gasteiger partial charge in [-0.15, -0.1) is 0 Å². The molecule has 1 amide bonds. The van der Waals surface area contributed by atoms with Gasteiger partial charge in [0, 0.05) is 11.0 Å². The van der Waals surface area contributed by atoms with E-state index in [-0.39, 0.29) is 17.2 Å². The third-order valence-electron chi connectivity index (χ3n) is 6.95. The van der Waals surface area contributed by atoms with E-state index in [1.165, 1.54) is 22.3 Å². The van der Waals surface area contributed by atoms with Crippen LogP contribution in [0, 0.1) is 19.8 Å². The van der Waals surface area contributed by atoms with Crippen LogP contribution in [-0.4, -0.2) is 12.1 Å². The molecule has 180 valence electrons. The van der Waals surface area contributed by atoms with Crippen molar-refractivity contribution in [2.45, 2.75) is 32.3 Å². The highest BCUT2D eigenvalue weighted by molar-refractivity contribution is 5.88. The van der Waals surface area contributed by atoms with Crippen molar-refractivity contribution in [3.05, 3.63) is 137 Å². The summed E-state index contributed by atoms with van der Waals surface area (Å²) in [5.74, 6) is 0.471. The van der Waals surface area contributed by atoms with E-state index in [1.54, 1.807) is 6.21 Å². The van der Waals surface area contributed by atoms with Crippen LogP contribution in [0.15, 0.2) is 108 Å². The van der Waals surface area contributed by atoms with Gasteiger partial charge in [-0.1, -0.05) is 102 Å². The molecule has 0 heterocycles. The largest absolute Gasteiger partial charge is 0.488 e. The van der Waals surface area contributed by atoms with Crippen molar-refractivity contribution >= 4 is 12.1 Å². The number of benzene rings is 4. The van der Waals surface area contributed by atoms with E-state index in [0.717, 1.165) is 23.3 Å². The fourth-order valence-corrected chi connectivity index (χ4v) is 4.78. The topological polar surface area (TPSA) is 50.7 Å². The van der Waals surface area contributed by atoms with Crippen LogP contribution < -0.4 is 10.2 Å². The van der Waals surface area contributed by atoms with E-state index in [0.29, 0.717) is 6.61 Å². The van der Waals surface area contributed by atoms with E-state index in [4.69, 9.17) is 4.74 Å². The molecular weight excluding hydrogens is 444 g/mol. The van der Waals surface area contributed by atoms with Gasteiger partial charge in [0.15, 0.2) is 0 Å². The van der Waals surface area contributed by atoms with E-state index in [2.05, 4.69) is 72.9 Å². The fourth-order valence-electron chi connectivity index (χ4n) is 4.78. The Morgan fingerprint density at radius 3 is 2.08 bits per heavy atom. The van der Waals surface area contributed by atoms with Crippen molar-refractivity contribution in [2.24, 2.45) is 11.0 Å². The molecule has 0 aliphatic heterocycles. The number of hydrogen-bond acceptors (Lipinski definition) is 3. The normalized spacial score (nSPS) is 16.0. The van der Waals surface area contributed by atoms with Crippen molar-refractivity contribution in [1.29, 1.82) is 0 Å². The van der Waals surface area contributed by atoms with Gasteiger partial charge >= 0.3 is 0 Å². The number of nitrogens with one attached hydrogen (secondary N) is 1. The van der Waals surface area contributed by atoms with Crippen LogP contribution in [0.4, 0.5) is 0 Å². The number of para-hydroxylation sites is 1. The Morgan fingerprint density at radius 2 is 1.44 bits per heavy atom. The van der Waals surface area contributed by atoms with Crippen molar-refractivity contribution in [1.82, 2.24) is 5.43 Å². The number of hydrogen-bond donors (Lipinski definition) is 1. The number of amides is 1. The van der Waals surface area contributed by atoms with Crippen LogP contribution in [0.3, 0.4) is 0 Å².